The molecule has 0 N–H and O–H groups in total. The lowest BCUT2D eigenvalue weighted by atomic mass is 9.87. The van der Waals surface area contributed by atoms with Crippen LogP contribution in [-0.2, 0) is 34.6 Å². The highest BCUT2D eigenvalue weighted by molar-refractivity contribution is 7.93. The lowest BCUT2D eigenvalue weighted by Crippen LogP contribution is -2.57. The fourth-order valence-corrected chi connectivity index (χ4v) is 6.82. The first-order chi connectivity index (χ1) is 22.3. The molecule has 2 aromatic carbocycles. The number of anilines is 1. The van der Waals surface area contributed by atoms with E-state index in [1.807, 2.05) is 6.07 Å². The summed E-state index contributed by atoms with van der Waals surface area (Å²) >= 11 is 0. The van der Waals surface area contributed by atoms with Crippen LogP contribution in [0.3, 0.4) is 0 Å². The minimum Gasteiger partial charge on any atom is -0.495 e. The Morgan fingerprint density at radius 1 is 1.09 bits per heavy atom. The highest BCUT2D eigenvalue weighted by Crippen LogP contribution is 2.52. The second-order valence-electron chi connectivity index (χ2n) is 11.5. The van der Waals surface area contributed by atoms with Gasteiger partial charge in [0.1, 0.15) is 22.4 Å². The van der Waals surface area contributed by atoms with Crippen LogP contribution in [0.2, 0.25) is 0 Å². The zero-order chi connectivity index (χ0) is 34.1. The fraction of sp³-hybridized carbons (Fsp3) is 0.344. The normalized spacial score (nSPS) is 17.7. The minimum atomic E-state index is -4.73. The molecular weight excluding hydrogens is 632 g/mol. The van der Waals surface area contributed by atoms with Gasteiger partial charge in [0.15, 0.2) is 0 Å². The molecule has 1 atom stereocenters. The van der Waals surface area contributed by atoms with Crippen molar-refractivity contribution >= 4 is 33.9 Å². The standard InChI is InChI=1S/C32H32N4O10S/c1-6-43-27-22(10-9-15-34-27)32(46-30(39)44-21-18-35(19-21)29(38)45-31(2,3)4)23-16-20(17-33)13-14-24(23)36(28(32)37)47(40,41)26-12-8-7-11-25(26)42-5/h7-16,21H,6,18-19H2,1-5H3. The average molecular weight is 665 g/mol. The lowest BCUT2D eigenvalue weighted by molar-refractivity contribution is -0.136. The van der Waals surface area contributed by atoms with Gasteiger partial charge in [-0.3, -0.25) is 4.79 Å². The summed E-state index contributed by atoms with van der Waals surface area (Å²) in [5.74, 6) is -1.38. The molecule has 3 aromatic rings. The molecule has 3 heterocycles. The molecule has 1 unspecified atom stereocenters. The van der Waals surface area contributed by atoms with Gasteiger partial charge in [-0.15, -0.1) is 0 Å². The third kappa shape index (κ3) is 5.99. The molecule has 246 valence electrons. The molecule has 0 bridgehead atoms. The molecule has 1 saturated heterocycles. The fourth-order valence-electron chi connectivity index (χ4n) is 5.20. The van der Waals surface area contributed by atoms with Crippen LogP contribution in [0, 0.1) is 11.3 Å². The monoisotopic (exact) mass is 664 g/mol. The number of likely N-dealkylation sites (tertiary alicyclic amines) is 1. The Morgan fingerprint density at radius 2 is 1.81 bits per heavy atom. The summed E-state index contributed by atoms with van der Waals surface area (Å²) in [6, 6.07) is 14.4. The molecule has 0 radical (unpaired) electrons. The molecular formula is C32H32N4O10S. The Hall–Kier alpha value is -5.36. The van der Waals surface area contributed by atoms with Gasteiger partial charge in [0.2, 0.25) is 5.88 Å². The van der Waals surface area contributed by atoms with Crippen molar-refractivity contribution in [3.05, 3.63) is 77.5 Å². The van der Waals surface area contributed by atoms with E-state index in [0.717, 1.165) is 0 Å². The molecule has 1 aromatic heterocycles. The number of methoxy groups -OCH3 is 1. The molecule has 1 fully saturated rings. The molecule has 47 heavy (non-hydrogen) atoms. The number of amides is 2. The number of nitrogens with zero attached hydrogens (tertiary/aromatic N) is 4. The quantitative estimate of drug-likeness (QED) is 0.316. The number of hydrogen-bond donors (Lipinski definition) is 0. The van der Waals surface area contributed by atoms with Gasteiger partial charge in [-0.1, -0.05) is 12.1 Å². The van der Waals surface area contributed by atoms with E-state index >= 15 is 0 Å². The molecule has 0 aliphatic carbocycles. The van der Waals surface area contributed by atoms with Gasteiger partial charge in [0.05, 0.1) is 49.7 Å². The van der Waals surface area contributed by atoms with Crippen molar-refractivity contribution in [1.82, 2.24) is 9.88 Å². The van der Waals surface area contributed by atoms with Gasteiger partial charge in [0, 0.05) is 11.8 Å². The van der Waals surface area contributed by atoms with Crippen molar-refractivity contribution < 1.29 is 46.5 Å². The summed E-state index contributed by atoms with van der Waals surface area (Å²) in [5, 5.41) is 9.77. The minimum absolute atomic E-state index is 0.00841. The molecule has 2 aliphatic heterocycles. The van der Waals surface area contributed by atoms with E-state index in [1.165, 1.54) is 66.7 Å². The van der Waals surface area contributed by atoms with Crippen molar-refractivity contribution in [3.63, 3.8) is 0 Å². The predicted molar refractivity (Wildman–Crippen MR) is 164 cm³/mol. The number of carbonyl (C=O) groups is 3. The maximum Gasteiger partial charge on any atom is 0.510 e. The number of aromatic nitrogens is 1. The second kappa shape index (κ2) is 12.4. The first-order valence-corrected chi connectivity index (χ1v) is 15.9. The number of nitriles is 1. The van der Waals surface area contributed by atoms with Crippen molar-refractivity contribution in [2.24, 2.45) is 0 Å². The molecule has 2 amide bonds. The van der Waals surface area contributed by atoms with Crippen LogP contribution < -0.4 is 13.8 Å². The van der Waals surface area contributed by atoms with E-state index in [-0.39, 0.29) is 58.6 Å². The number of pyridine rings is 1. The molecule has 2 aliphatic rings. The van der Waals surface area contributed by atoms with Crippen molar-refractivity contribution in [1.29, 1.82) is 5.26 Å². The molecule has 15 heteroatoms. The van der Waals surface area contributed by atoms with E-state index in [2.05, 4.69) is 4.98 Å². The SMILES string of the molecule is CCOc1ncccc1C1(OC(=O)OC2CN(C(=O)OC(C)(C)C)C2)C(=O)N(S(=O)(=O)c2ccccc2OC)c2ccc(C#N)cc21. The number of para-hydroxylation sites is 1. The Balaban J connectivity index is 1.61. The summed E-state index contributed by atoms with van der Waals surface area (Å²) in [6.07, 6.45) is -1.37. The highest BCUT2D eigenvalue weighted by atomic mass is 32.2. The number of benzene rings is 2. The Labute approximate surface area is 271 Å². The topological polar surface area (TPSA) is 175 Å². The largest absolute Gasteiger partial charge is 0.510 e. The van der Waals surface area contributed by atoms with Crippen molar-refractivity contribution in [3.8, 4) is 17.7 Å². The number of carbonyl (C=O) groups excluding carboxylic acids is 3. The van der Waals surface area contributed by atoms with Gasteiger partial charge in [-0.25, -0.2) is 23.0 Å². The van der Waals surface area contributed by atoms with Gasteiger partial charge in [0.25, 0.3) is 21.5 Å². The van der Waals surface area contributed by atoms with Gasteiger partial charge < -0.3 is 28.6 Å². The van der Waals surface area contributed by atoms with Crippen LogP contribution in [0.5, 0.6) is 11.6 Å². The van der Waals surface area contributed by atoms with E-state index in [4.69, 9.17) is 23.7 Å². The number of hydrogen-bond acceptors (Lipinski definition) is 12. The maximum atomic E-state index is 14.8. The number of sulfonamides is 1. The summed E-state index contributed by atoms with van der Waals surface area (Å²) in [4.78, 5) is 45.9. The van der Waals surface area contributed by atoms with Crippen LogP contribution in [-0.4, -0.2) is 75.0 Å². The lowest BCUT2D eigenvalue weighted by Gasteiger charge is -2.39. The number of fused-ring (bicyclic) bond motifs is 1. The van der Waals surface area contributed by atoms with Crippen molar-refractivity contribution in [2.75, 3.05) is 31.1 Å². The van der Waals surface area contributed by atoms with Crippen LogP contribution in [0.1, 0.15) is 44.4 Å². The molecule has 0 saturated carbocycles. The summed E-state index contributed by atoms with van der Waals surface area (Å²) < 4.78 is 56.8. The zero-order valence-corrected chi connectivity index (χ0v) is 27.1. The van der Waals surface area contributed by atoms with Gasteiger partial charge in [-0.2, -0.15) is 9.57 Å². The summed E-state index contributed by atoms with van der Waals surface area (Å²) in [7, 11) is -3.44. The van der Waals surface area contributed by atoms with E-state index < -0.39 is 45.5 Å². The molecule has 5 rings (SSSR count). The molecule has 0 spiro atoms. The Bertz CT molecular complexity index is 1880. The third-order valence-electron chi connectivity index (χ3n) is 7.23. The maximum absolute atomic E-state index is 14.8. The van der Waals surface area contributed by atoms with Crippen LogP contribution in [0.15, 0.2) is 65.7 Å². The van der Waals surface area contributed by atoms with Crippen LogP contribution in [0.25, 0.3) is 0 Å². The summed E-state index contributed by atoms with van der Waals surface area (Å²) in [6.45, 7) is 6.90. The van der Waals surface area contributed by atoms with Gasteiger partial charge >= 0.3 is 12.2 Å². The Morgan fingerprint density at radius 3 is 2.47 bits per heavy atom. The number of ether oxygens (including phenoxy) is 5. The first-order valence-electron chi connectivity index (χ1n) is 14.5. The van der Waals surface area contributed by atoms with Gasteiger partial charge in [-0.05, 0) is 70.2 Å². The highest BCUT2D eigenvalue weighted by Gasteiger charge is 2.61. The Kier molecular flexibility index (Phi) is 8.74. The smallest absolute Gasteiger partial charge is 0.495 e. The van der Waals surface area contributed by atoms with Crippen LogP contribution in [0.4, 0.5) is 15.3 Å². The zero-order valence-electron chi connectivity index (χ0n) is 26.3. The second-order valence-corrected chi connectivity index (χ2v) is 13.3. The predicted octanol–water partition coefficient (Wildman–Crippen LogP) is 4.11. The average Bonchev–Trinajstić information content (AvgIpc) is 3.25. The first kappa shape index (κ1) is 33.0. The van der Waals surface area contributed by atoms with E-state index in [9.17, 15) is 28.1 Å². The summed E-state index contributed by atoms with van der Waals surface area (Å²) in [5.41, 5.74) is -3.66. The van der Waals surface area contributed by atoms with E-state index in [0.29, 0.717) is 4.31 Å². The number of rotatable bonds is 8. The van der Waals surface area contributed by atoms with Crippen LogP contribution >= 0.6 is 0 Å². The molecule has 14 nitrogen and oxygen atoms in total. The van der Waals surface area contributed by atoms with Crippen molar-refractivity contribution in [2.45, 2.75) is 49.9 Å². The third-order valence-corrected chi connectivity index (χ3v) is 8.96. The van der Waals surface area contributed by atoms with E-state index in [1.54, 1.807) is 33.8 Å².